The summed E-state index contributed by atoms with van der Waals surface area (Å²) in [6.07, 6.45) is 4.18. The molecule has 0 spiro atoms. The first-order valence-electron chi connectivity index (χ1n) is 40.6. The molecular weight excluding hydrogens is 1700 g/mol. The molecule has 664 valence electrons. The van der Waals surface area contributed by atoms with Gasteiger partial charge in [0.05, 0.1) is 104 Å². The Morgan fingerprint density at radius 2 is 0.561 bits per heavy atom. The maximum Gasteiger partial charge on any atom is 0.416 e. The lowest BCUT2D eigenvalue weighted by molar-refractivity contribution is -0.138. The third-order valence-corrected chi connectivity index (χ3v) is 20.0. The van der Waals surface area contributed by atoms with Gasteiger partial charge in [-0.2, -0.15) is 67.1 Å². The third kappa shape index (κ3) is 24.5. The number of hydrogen-bond donors (Lipinski definition) is 8. The fourth-order valence-electron chi connectivity index (χ4n) is 13.3. The number of hydrogen-bond acceptors (Lipinski definition) is 16. The molecule has 4 aromatic heterocycles. The van der Waals surface area contributed by atoms with Crippen molar-refractivity contribution in [3.63, 3.8) is 0 Å². The average Bonchev–Trinajstić information content (AvgIpc) is 1.64. The zero-order valence-corrected chi connectivity index (χ0v) is 71.6. The Balaban J connectivity index is 0.000000150. The number of carbonyl (C=O) groups is 4. The fraction of sp³-hybridized carbons (Fsp3) is 0.0891. The summed E-state index contributed by atoms with van der Waals surface area (Å²) in [4.78, 5) is 44.5. The number of nitrogens with zero attached hydrogens (tertiary/aromatic N) is 12. The van der Waals surface area contributed by atoms with E-state index in [1.807, 2.05) is 156 Å². The number of alkyl halides is 6. The van der Waals surface area contributed by atoms with Gasteiger partial charge in [-0.25, -0.2) is 42.3 Å². The summed E-state index contributed by atoms with van der Waals surface area (Å²) < 4.78 is 101. The summed E-state index contributed by atoms with van der Waals surface area (Å²) in [7, 11) is 0. The van der Waals surface area contributed by atoms with Crippen LogP contribution in [0.3, 0.4) is 0 Å². The van der Waals surface area contributed by atoms with Crippen LogP contribution in [0.15, 0.2) is 324 Å². The number of halogens is 7. The standard InChI is InChI=1S/C26H21F3N4O2.C25H18F4N4O2.2C25H22N4O2/c1-16-3-7-22(8-4-16)31-30-14-20-15-33(23-9-5-18(6-10-23)25(34)35)32-24(20)19-11-17(2)12-21(13-19)26(27,28)29;1-15-10-17(12-19(11-15)25(27,28)29)23-18(13-30-31-22-5-3-2-4-21(22)26)14-33(32-23)20-8-6-16(7-9-20)24(34)35;2*1-17-6-10-22(11-7-17)27-26-15-21-16-29(23-12-8-19(9-13-23)25(30)31)28-24(21)20-5-3-4-18(2)14-20/h3-15,31H,1-2H3,(H,34,35);2-14,31H,1H3,(H,34,35);2*3-16,27H,1-2H3,(H,30,31)/b30-14+;30-13+;2*26-15+. The molecule has 0 bridgehead atoms. The van der Waals surface area contributed by atoms with E-state index in [2.05, 4.69) is 64.4 Å². The van der Waals surface area contributed by atoms with E-state index < -0.39 is 53.2 Å². The van der Waals surface area contributed by atoms with Crippen LogP contribution in [0.5, 0.6) is 0 Å². The van der Waals surface area contributed by atoms with Crippen LogP contribution in [-0.2, 0) is 12.4 Å². The summed E-state index contributed by atoms with van der Waals surface area (Å²) in [6, 6.07) is 78.1. The van der Waals surface area contributed by atoms with Gasteiger partial charge in [0.25, 0.3) is 0 Å². The first kappa shape index (κ1) is 92.4. The van der Waals surface area contributed by atoms with Crippen LogP contribution in [0, 0.1) is 54.3 Å². The third-order valence-electron chi connectivity index (χ3n) is 20.0. The van der Waals surface area contributed by atoms with Crippen molar-refractivity contribution in [2.75, 3.05) is 21.7 Å². The Morgan fingerprint density at radius 1 is 0.295 bits per heavy atom. The minimum atomic E-state index is -4.54. The van der Waals surface area contributed by atoms with Crippen LogP contribution in [0.2, 0.25) is 0 Å². The van der Waals surface area contributed by atoms with Crippen molar-refractivity contribution < 1.29 is 70.3 Å². The van der Waals surface area contributed by atoms with Crippen molar-refractivity contribution >= 4 is 71.5 Å². The highest BCUT2D eigenvalue weighted by atomic mass is 19.4. The Bertz CT molecular complexity index is 6750. The minimum Gasteiger partial charge on any atom is -0.478 e. The Kier molecular flexibility index (Phi) is 29.0. The van der Waals surface area contributed by atoms with Crippen LogP contribution in [0.4, 0.5) is 53.5 Å². The zero-order valence-electron chi connectivity index (χ0n) is 71.6. The highest BCUT2D eigenvalue weighted by molar-refractivity contribution is 5.94. The maximum atomic E-state index is 13.9. The number of anilines is 4. The molecule has 12 aromatic carbocycles. The van der Waals surface area contributed by atoms with Crippen molar-refractivity contribution in [1.29, 1.82) is 0 Å². The molecule has 132 heavy (non-hydrogen) atoms. The average molecular weight is 1780 g/mol. The first-order chi connectivity index (χ1) is 63.2. The van der Waals surface area contributed by atoms with Crippen molar-refractivity contribution in [2.45, 2.75) is 60.8 Å². The summed E-state index contributed by atoms with van der Waals surface area (Å²) in [5, 5.41) is 72.0. The normalized spacial score (nSPS) is 11.4. The summed E-state index contributed by atoms with van der Waals surface area (Å²) in [6.45, 7) is 13.3. The number of carboxylic acid groups (broad SMARTS) is 4. The second-order valence-electron chi connectivity index (χ2n) is 30.4. The van der Waals surface area contributed by atoms with Crippen molar-refractivity contribution in [3.8, 4) is 67.8 Å². The number of benzene rings is 12. The highest BCUT2D eigenvalue weighted by Gasteiger charge is 2.33. The van der Waals surface area contributed by atoms with E-state index in [1.165, 1.54) is 93.7 Å². The minimum absolute atomic E-state index is 0.0745. The number of aromatic carboxylic acids is 4. The predicted molar refractivity (Wildman–Crippen MR) is 498 cm³/mol. The van der Waals surface area contributed by atoms with E-state index in [4.69, 9.17) is 30.6 Å². The van der Waals surface area contributed by atoms with Gasteiger partial charge in [-0.3, -0.25) is 21.7 Å². The molecule has 0 fully saturated rings. The SMILES string of the molecule is Cc1cc(-c2nn(-c3ccc(C(=O)O)cc3)cc2/C=N/Nc2ccccc2F)cc(C(F)(F)F)c1.Cc1ccc(N/N=C/c2cn(-c3ccc(C(=O)O)cc3)nc2-c2cc(C)cc(C(F)(F)F)c2)cc1.Cc1ccc(N/N=C/c2cn(-c3ccc(C(=O)O)cc3)nc2-c2cccc(C)c2)cc1.Cc1ccc(N/N=C/c2cn(-c3ccc(C(=O)O)cc3)nc2-c2cccc(C)c2)cc1. The Labute approximate surface area is 752 Å². The van der Waals surface area contributed by atoms with Gasteiger partial charge in [-0.05, 0) is 254 Å². The number of hydrazone groups is 4. The van der Waals surface area contributed by atoms with Crippen LogP contribution in [0.25, 0.3) is 67.8 Å². The van der Waals surface area contributed by atoms with Crippen LogP contribution >= 0.6 is 0 Å². The number of carboxylic acids is 4. The highest BCUT2D eigenvalue weighted by Crippen LogP contribution is 2.37. The first-order valence-corrected chi connectivity index (χ1v) is 40.6. The lowest BCUT2D eigenvalue weighted by Gasteiger charge is -2.10. The molecule has 0 unspecified atom stereocenters. The molecule has 31 heteroatoms. The molecule has 8 N–H and O–H groups in total. The fourth-order valence-corrected chi connectivity index (χ4v) is 13.3. The van der Waals surface area contributed by atoms with E-state index >= 15 is 0 Å². The zero-order chi connectivity index (χ0) is 93.9. The topological polar surface area (TPSA) is 318 Å². The largest absolute Gasteiger partial charge is 0.478 e. The molecule has 16 aromatic rings. The summed E-state index contributed by atoms with van der Waals surface area (Å²) in [5.41, 5.74) is 29.5. The van der Waals surface area contributed by atoms with E-state index in [1.54, 1.807) is 121 Å². The number of aromatic nitrogens is 8. The Morgan fingerprint density at radius 3 is 0.826 bits per heavy atom. The smallest absolute Gasteiger partial charge is 0.416 e. The van der Waals surface area contributed by atoms with E-state index in [0.29, 0.717) is 39.3 Å². The van der Waals surface area contributed by atoms with Crippen molar-refractivity contribution in [2.24, 2.45) is 20.4 Å². The van der Waals surface area contributed by atoms with Gasteiger partial charge in [-0.15, -0.1) is 0 Å². The lowest BCUT2D eigenvalue weighted by atomic mass is 10.0. The number of rotatable bonds is 24. The second-order valence-corrected chi connectivity index (χ2v) is 30.4. The number of para-hydroxylation sites is 1. The summed E-state index contributed by atoms with van der Waals surface area (Å²) >= 11 is 0. The predicted octanol–water partition coefficient (Wildman–Crippen LogP) is 23.1. The van der Waals surface area contributed by atoms with E-state index in [0.717, 1.165) is 103 Å². The number of aryl methyl sites for hydroxylation is 7. The molecule has 4 heterocycles. The molecule has 0 saturated carbocycles. The molecule has 0 aliphatic rings. The van der Waals surface area contributed by atoms with E-state index in [-0.39, 0.29) is 44.8 Å². The molecule has 16 rings (SSSR count). The Hall–Kier alpha value is -17.3. The molecular formula is C101H83F7N16O8. The van der Waals surface area contributed by atoms with Gasteiger partial charge in [0.2, 0.25) is 0 Å². The van der Waals surface area contributed by atoms with Crippen molar-refractivity contribution in [1.82, 2.24) is 39.1 Å². The molecule has 0 amide bonds. The molecule has 0 aliphatic heterocycles. The van der Waals surface area contributed by atoms with E-state index in [9.17, 15) is 49.9 Å². The quantitative estimate of drug-likeness (QED) is 0.0158. The monoisotopic (exact) mass is 1780 g/mol. The molecule has 0 radical (unpaired) electrons. The van der Waals surface area contributed by atoms with Gasteiger partial charge in [0, 0.05) is 69.3 Å². The van der Waals surface area contributed by atoms with Crippen LogP contribution < -0.4 is 21.7 Å². The molecule has 0 aliphatic carbocycles. The van der Waals surface area contributed by atoms with Gasteiger partial charge in [0.15, 0.2) is 0 Å². The molecule has 0 saturated heterocycles. The molecule has 0 atom stereocenters. The van der Waals surface area contributed by atoms with Gasteiger partial charge >= 0.3 is 36.2 Å². The van der Waals surface area contributed by atoms with Gasteiger partial charge in [0.1, 0.15) is 28.6 Å². The van der Waals surface area contributed by atoms with Crippen molar-refractivity contribution in [3.05, 3.63) is 404 Å². The van der Waals surface area contributed by atoms with Gasteiger partial charge in [-0.1, -0.05) is 113 Å². The summed E-state index contributed by atoms with van der Waals surface area (Å²) in [5.74, 6) is -4.59. The molecule has 24 nitrogen and oxygen atoms in total. The maximum absolute atomic E-state index is 13.9. The van der Waals surface area contributed by atoms with Crippen LogP contribution in [0.1, 0.15) is 114 Å². The second kappa shape index (κ2) is 41.5. The van der Waals surface area contributed by atoms with Gasteiger partial charge < -0.3 is 20.4 Å². The van der Waals surface area contributed by atoms with Crippen LogP contribution in [-0.4, -0.2) is 108 Å². The number of nitrogens with one attached hydrogen (secondary N) is 4. The lowest BCUT2D eigenvalue weighted by Crippen LogP contribution is -2.05.